The maximum Gasteiger partial charge on any atom is 0.287 e. The lowest BCUT2D eigenvalue weighted by Gasteiger charge is -2.24. The van der Waals surface area contributed by atoms with Crippen molar-refractivity contribution in [2.45, 2.75) is 26.4 Å². The molecule has 1 heterocycles. The quantitative estimate of drug-likeness (QED) is 0.492. The predicted octanol–water partition coefficient (Wildman–Crippen LogP) is 4.31. The minimum absolute atomic E-state index is 0.00601. The molecule has 4 rings (SSSR count). The van der Waals surface area contributed by atoms with Gasteiger partial charge in [-0.25, -0.2) is 4.98 Å². The van der Waals surface area contributed by atoms with Gasteiger partial charge >= 0.3 is 0 Å². The van der Waals surface area contributed by atoms with Crippen LogP contribution < -0.4 is 10.2 Å². The van der Waals surface area contributed by atoms with Crippen molar-refractivity contribution < 1.29 is 9.69 Å². The normalized spacial score (nSPS) is 13.2. The van der Waals surface area contributed by atoms with Crippen LogP contribution in [0, 0.1) is 13.8 Å². The van der Waals surface area contributed by atoms with Gasteiger partial charge in [-0.3, -0.25) is 4.79 Å². The van der Waals surface area contributed by atoms with E-state index in [1.54, 1.807) is 11.3 Å². The molecule has 0 fully saturated rings. The van der Waals surface area contributed by atoms with E-state index >= 15 is 0 Å². The minimum Gasteiger partial charge on any atom is -0.320 e. The number of rotatable bonds is 6. The smallest absolute Gasteiger partial charge is 0.287 e. The molecule has 0 spiro atoms. The van der Waals surface area contributed by atoms with Crippen LogP contribution in [0.5, 0.6) is 0 Å². The summed E-state index contributed by atoms with van der Waals surface area (Å²) in [6.07, 6.45) is 0. The number of nitrogens with zero attached hydrogens (tertiary/aromatic N) is 1. The molecule has 1 unspecified atom stereocenters. The van der Waals surface area contributed by atoms with Crippen LogP contribution in [-0.2, 0) is 11.3 Å². The van der Waals surface area contributed by atoms with Crippen molar-refractivity contribution in [2.24, 2.45) is 0 Å². The van der Waals surface area contributed by atoms with Crippen molar-refractivity contribution in [3.05, 3.63) is 94.5 Å². The van der Waals surface area contributed by atoms with E-state index < -0.39 is 0 Å². The number of hydrogen-bond donors (Lipinski definition) is 2. The molecule has 152 valence electrons. The number of aromatic nitrogens is 1. The molecule has 2 N–H and O–H groups in total. The third-order valence-corrected chi connectivity index (χ3v) is 6.34. The Hall–Kier alpha value is -3.02. The number of fused-ring (bicyclic) bond motifs is 1. The zero-order valence-corrected chi connectivity index (χ0v) is 18.3. The van der Waals surface area contributed by atoms with Crippen LogP contribution >= 0.6 is 11.3 Å². The summed E-state index contributed by atoms with van der Waals surface area (Å²) in [5.41, 5.74) is 5.07. The Labute approximate surface area is 181 Å². The number of carbonyl (C=O) groups is 1. The van der Waals surface area contributed by atoms with E-state index in [0.717, 1.165) is 37.8 Å². The van der Waals surface area contributed by atoms with Gasteiger partial charge in [-0.1, -0.05) is 54.6 Å². The van der Waals surface area contributed by atoms with Crippen molar-refractivity contribution >= 4 is 33.1 Å². The van der Waals surface area contributed by atoms with Gasteiger partial charge in [0, 0.05) is 11.3 Å². The topological polar surface area (TPSA) is 46.4 Å². The summed E-state index contributed by atoms with van der Waals surface area (Å²) in [6.45, 7) is 4.73. The van der Waals surface area contributed by atoms with Crippen LogP contribution in [-0.4, -0.2) is 17.9 Å². The lowest BCUT2D eigenvalue weighted by atomic mass is 10.0. The molecule has 0 saturated heterocycles. The first-order chi connectivity index (χ1) is 14.5. The molecule has 0 saturated carbocycles. The zero-order chi connectivity index (χ0) is 21.1. The third kappa shape index (κ3) is 4.42. The number of benzene rings is 3. The number of thiazole rings is 1. The molecule has 1 aromatic heterocycles. The van der Waals surface area contributed by atoms with E-state index in [9.17, 15) is 4.79 Å². The average Bonchev–Trinajstić information content (AvgIpc) is 3.14. The lowest BCUT2D eigenvalue weighted by molar-refractivity contribution is -0.915. The van der Waals surface area contributed by atoms with E-state index in [0.29, 0.717) is 6.54 Å². The molecule has 0 aliphatic rings. The molecule has 2 atom stereocenters. The van der Waals surface area contributed by atoms with Crippen molar-refractivity contribution in [3.8, 4) is 0 Å². The Balaban J connectivity index is 1.62. The Bertz CT molecular complexity index is 1140. The van der Waals surface area contributed by atoms with E-state index in [-0.39, 0.29) is 11.9 Å². The van der Waals surface area contributed by atoms with Crippen LogP contribution in [0.15, 0.2) is 72.8 Å². The van der Waals surface area contributed by atoms with Crippen molar-refractivity contribution in [1.82, 2.24) is 4.98 Å². The lowest BCUT2D eigenvalue weighted by Crippen LogP contribution is -3.09. The Morgan fingerprint density at radius 3 is 2.53 bits per heavy atom. The number of quaternary nitrogens is 1. The second kappa shape index (κ2) is 8.78. The summed E-state index contributed by atoms with van der Waals surface area (Å²) in [4.78, 5) is 19.3. The monoisotopic (exact) mass is 416 g/mol. The zero-order valence-electron chi connectivity index (χ0n) is 17.5. The van der Waals surface area contributed by atoms with Gasteiger partial charge in [0.2, 0.25) is 0 Å². The number of nitrogens with one attached hydrogen (secondary N) is 2. The molecule has 0 aliphatic heterocycles. The van der Waals surface area contributed by atoms with Gasteiger partial charge in [0.05, 0.1) is 17.3 Å². The maximum atomic E-state index is 13.4. The van der Waals surface area contributed by atoms with E-state index in [2.05, 4.69) is 24.5 Å². The second-order valence-corrected chi connectivity index (χ2v) is 8.86. The van der Waals surface area contributed by atoms with Crippen molar-refractivity contribution in [1.29, 1.82) is 0 Å². The van der Waals surface area contributed by atoms with E-state index in [1.165, 1.54) is 4.70 Å². The summed E-state index contributed by atoms with van der Waals surface area (Å²) >= 11 is 1.69. The van der Waals surface area contributed by atoms with Gasteiger partial charge in [-0.15, -0.1) is 11.3 Å². The number of carbonyl (C=O) groups excluding carboxylic acids is 1. The van der Waals surface area contributed by atoms with Crippen LogP contribution in [0.2, 0.25) is 0 Å². The minimum atomic E-state index is -0.335. The summed E-state index contributed by atoms with van der Waals surface area (Å²) in [5, 5.41) is 4.20. The van der Waals surface area contributed by atoms with Gasteiger partial charge in [0.15, 0.2) is 6.04 Å². The average molecular weight is 417 g/mol. The van der Waals surface area contributed by atoms with Gasteiger partial charge < -0.3 is 10.2 Å². The molecule has 30 heavy (non-hydrogen) atoms. The number of likely N-dealkylation sites (N-methyl/N-ethyl adjacent to an activating group) is 1. The van der Waals surface area contributed by atoms with Crippen LogP contribution in [0.25, 0.3) is 10.2 Å². The van der Waals surface area contributed by atoms with Crippen molar-refractivity contribution in [2.75, 3.05) is 12.4 Å². The summed E-state index contributed by atoms with van der Waals surface area (Å²) in [7, 11) is 2.06. The highest BCUT2D eigenvalue weighted by Gasteiger charge is 2.30. The fraction of sp³-hybridized carbons (Fsp3) is 0.200. The first-order valence-electron chi connectivity index (χ1n) is 10.1. The molecule has 4 nitrogen and oxygen atoms in total. The SMILES string of the molecule is Cc1ccc(C)c(NC(=O)[C@H](c2ccccc2)[NH+](C)Cc2nc3ccccc3s2)c1. The molecular formula is C25H26N3OS+. The number of para-hydroxylation sites is 1. The maximum absolute atomic E-state index is 13.4. The number of aryl methyl sites for hydroxylation is 2. The molecule has 0 bridgehead atoms. The summed E-state index contributed by atoms with van der Waals surface area (Å²) in [5.74, 6) is -0.00601. The van der Waals surface area contributed by atoms with Gasteiger partial charge in [0.1, 0.15) is 11.6 Å². The Morgan fingerprint density at radius 1 is 1.03 bits per heavy atom. The van der Waals surface area contributed by atoms with Crippen LogP contribution in [0.4, 0.5) is 5.69 Å². The van der Waals surface area contributed by atoms with Crippen molar-refractivity contribution in [3.63, 3.8) is 0 Å². The van der Waals surface area contributed by atoms with E-state index in [1.807, 2.05) is 74.5 Å². The second-order valence-electron chi connectivity index (χ2n) is 7.75. The van der Waals surface area contributed by atoms with E-state index in [4.69, 9.17) is 4.98 Å². The highest BCUT2D eigenvalue weighted by molar-refractivity contribution is 7.18. The predicted molar refractivity (Wildman–Crippen MR) is 124 cm³/mol. The van der Waals surface area contributed by atoms with Gasteiger partial charge in [0.25, 0.3) is 5.91 Å². The molecule has 0 radical (unpaired) electrons. The largest absolute Gasteiger partial charge is 0.320 e. The number of amides is 1. The first-order valence-corrected chi connectivity index (χ1v) is 10.9. The van der Waals surface area contributed by atoms with Crippen LogP contribution in [0.3, 0.4) is 0 Å². The molecular weight excluding hydrogens is 390 g/mol. The first kappa shape index (κ1) is 20.3. The van der Waals surface area contributed by atoms with Gasteiger partial charge in [-0.05, 0) is 43.2 Å². The standard InChI is InChI=1S/C25H25N3OS/c1-17-13-14-18(2)21(15-17)27-25(29)24(19-9-5-4-6-10-19)28(3)16-23-26-20-11-7-8-12-22(20)30-23/h4-15,24H,16H2,1-3H3,(H,27,29)/p+1/t24-/m0/s1. The molecule has 0 aliphatic carbocycles. The molecule has 5 heteroatoms. The summed E-state index contributed by atoms with van der Waals surface area (Å²) in [6, 6.07) is 24.0. The molecule has 4 aromatic rings. The Morgan fingerprint density at radius 2 is 1.77 bits per heavy atom. The highest BCUT2D eigenvalue weighted by atomic mass is 32.1. The summed E-state index contributed by atoms with van der Waals surface area (Å²) < 4.78 is 1.18. The molecule has 3 aromatic carbocycles. The van der Waals surface area contributed by atoms with Crippen LogP contribution in [0.1, 0.15) is 27.7 Å². The fourth-order valence-electron chi connectivity index (χ4n) is 3.72. The van der Waals surface area contributed by atoms with Gasteiger partial charge in [-0.2, -0.15) is 0 Å². The third-order valence-electron chi connectivity index (χ3n) is 5.31. The number of hydrogen-bond acceptors (Lipinski definition) is 3. The Kier molecular flexibility index (Phi) is 5.93. The number of anilines is 1. The highest BCUT2D eigenvalue weighted by Crippen LogP contribution is 2.22. The fourth-order valence-corrected chi connectivity index (χ4v) is 4.78. The molecule has 1 amide bonds.